The molecule has 1 heterocycles. The van der Waals surface area contributed by atoms with Crippen molar-refractivity contribution >= 4 is 86.0 Å². The number of benzene rings is 2. The molecule has 0 aliphatic rings. The number of aryl methyl sites for hydroxylation is 1. The van der Waals surface area contributed by atoms with E-state index in [4.69, 9.17) is 52.1 Å². The molecule has 0 spiro atoms. The van der Waals surface area contributed by atoms with Gasteiger partial charge in [-0.25, -0.2) is 4.98 Å². The number of anilines is 1. The lowest BCUT2D eigenvalue weighted by molar-refractivity contribution is -0.118. The summed E-state index contributed by atoms with van der Waals surface area (Å²) in [6.45, 7) is 8.64. The average molecular weight is 651 g/mol. The van der Waals surface area contributed by atoms with Gasteiger partial charge in [0.1, 0.15) is 5.78 Å². The molecule has 2 aromatic carbocycles. The fourth-order valence-corrected chi connectivity index (χ4v) is 4.74. The van der Waals surface area contributed by atoms with Crippen molar-refractivity contribution in [2.45, 2.75) is 59.8 Å². The zero-order valence-electron chi connectivity index (χ0n) is 22.6. The van der Waals surface area contributed by atoms with E-state index in [1.165, 1.54) is 11.3 Å². The third-order valence-electron chi connectivity index (χ3n) is 5.24. The Labute approximate surface area is 261 Å². The second-order valence-electron chi connectivity index (χ2n) is 9.69. The maximum atomic E-state index is 11.6. The van der Waals surface area contributed by atoms with Crippen molar-refractivity contribution in [3.05, 3.63) is 67.7 Å². The number of nitrogens with zero attached hydrogens (tertiary/aromatic N) is 1. The summed E-state index contributed by atoms with van der Waals surface area (Å²) < 4.78 is 0. The van der Waals surface area contributed by atoms with Crippen LogP contribution in [0.1, 0.15) is 58.2 Å². The summed E-state index contributed by atoms with van der Waals surface area (Å²) in [5.74, 6) is 1.47. The maximum absolute atomic E-state index is 11.6. The predicted molar refractivity (Wildman–Crippen MR) is 175 cm³/mol. The summed E-state index contributed by atoms with van der Waals surface area (Å²) >= 11 is 29.3. The molecule has 0 aliphatic carbocycles. The molecule has 39 heavy (non-hydrogen) atoms. The van der Waals surface area contributed by atoms with Gasteiger partial charge in [0.25, 0.3) is 0 Å². The van der Waals surface area contributed by atoms with Crippen molar-refractivity contribution in [1.29, 1.82) is 0 Å². The molecule has 0 unspecified atom stereocenters. The third kappa shape index (κ3) is 14.5. The monoisotopic (exact) mass is 648 g/mol. The number of thiocarbonyl (C=S) groups is 1. The van der Waals surface area contributed by atoms with E-state index < -0.39 is 0 Å². The highest BCUT2D eigenvalue weighted by atomic mass is 35.5. The first-order chi connectivity index (χ1) is 18.2. The topological polar surface area (TPSA) is 108 Å². The van der Waals surface area contributed by atoms with Crippen molar-refractivity contribution in [3.8, 4) is 10.4 Å². The lowest BCUT2D eigenvalue weighted by Crippen LogP contribution is -2.18. The van der Waals surface area contributed by atoms with Gasteiger partial charge < -0.3 is 17.2 Å². The number of thiazole rings is 1. The molecule has 0 saturated heterocycles. The van der Waals surface area contributed by atoms with Crippen LogP contribution in [0, 0.1) is 11.8 Å². The van der Waals surface area contributed by atoms with Crippen LogP contribution in [-0.2, 0) is 17.6 Å². The predicted octanol–water partition coefficient (Wildman–Crippen LogP) is 9.02. The van der Waals surface area contributed by atoms with E-state index in [2.05, 4.69) is 56.4 Å². The van der Waals surface area contributed by atoms with E-state index in [1.807, 2.05) is 18.2 Å². The Morgan fingerprint density at radius 1 is 0.897 bits per heavy atom. The standard InChI is InChI=1S/C14H16Cl2N2S.C13H16Cl2O.CH4N2S/c1-8(2)3-6-12-13(19-14(17)18-12)9-4-5-10(15)11(16)7-9;1-9(2)3-5-11(16)7-10-4-6-12(14)13(15)8-10;2-1(3)4/h4-5,7-8H,3,6H2,1-2H3,(H2,17,18);4,6,8-9H,3,5,7H2,1-2H3;(H4,2,3,4). The summed E-state index contributed by atoms with van der Waals surface area (Å²) in [5.41, 5.74) is 18.1. The molecule has 3 aromatic rings. The van der Waals surface area contributed by atoms with Crippen molar-refractivity contribution < 1.29 is 4.79 Å². The van der Waals surface area contributed by atoms with Crippen LogP contribution in [0.2, 0.25) is 20.1 Å². The zero-order chi connectivity index (χ0) is 29.7. The maximum Gasteiger partial charge on any atom is 0.180 e. The fourth-order valence-electron chi connectivity index (χ4n) is 3.24. The second kappa shape index (κ2) is 17.9. The Bertz CT molecular complexity index is 1230. The van der Waals surface area contributed by atoms with Crippen LogP contribution in [0.25, 0.3) is 10.4 Å². The van der Waals surface area contributed by atoms with Gasteiger partial charge in [0.15, 0.2) is 10.2 Å². The fraction of sp³-hybridized carbons (Fsp3) is 0.393. The van der Waals surface area contributed by atoms with Gasteiger partial charge in [-0.05, 0) is 78.7 Å². The summed E-state index contributed by atoms with van der Waals surface area (Å²) in [4.78, 5) is 17.2. The van der Waals surface area contributed by atoms with E-state index >= 15 is 0 Å². The van der Waals surface area contributed by atoms with Crippen molar-refractivity contribution in [1.82, 2.24) is 4.98 Å². The Morgan fingerprint density at radius 2 is 1.44 bits per heavy atom. The molecule has 0 saturated carbocycles. The molecule has 0 aliphatic heterocycles. The van der Waals surface area contributed by atoms with Gasteiger partial charge >= 0.3 is 0 Å². The summed E-state index contributed by atoms with van der Waals surface area (Å²) in [6, 6.07) is 11.0. The van der Waals surface area contributed by atoms with Gasteiger partial charge in [-0.3, -0.25) is 4.79 Å². The first-order valence-corrected chi connectivity index (χ1v) is 15.1. The van der Waals surface area contributed by atoms with Gasteiger partial charge in [-0.1, -0.05) is 97.6 Å². The molecule has 214 valence electrons. The molecule has 3 rings (SSSR count). The smallest absolute Gasteiger partial charge is 0.180 e. The van der Waals surface area contributed by atoms with E-state index in [1.54, 1.807) is 18.2 Å². The zero-order valence-corrected chi connectivity index (χ0v) is 27.2. The van der Waals surface area contributed by atoms with E-state index in [0.29, 0.717) is 49.9 Å². The number of carbonyl (C=O) groups excluding carboxylic acids is 1. The minimum absolute atomic E-state index is 0.000000000000000222. The van der Waals surface area contributed by atoms with Gasteiger partial charge in [0, 0.05) is 12.8 Å². The number of Topliss-reactive ketones (excluding diaryl/α,β-unsaturated/α-hetero) is 1. The molecule has 0 atom stereocenters. The van der Waals surface area contributed by atoms with Crippen molar-refractivity contribution in [2.75, 3.05) is 5.73 Å². The number of nitrogens with two attached hydrogens (primary N) is 3. The third-order valence-corrected chi connectivity index (χ3v) is 7.69. The number of carbonyl (C=O) groups is 1. The van der Waals surface area contributed by atoms with Crippen LogP contribution < -0.4 is 17.2 Å². The SMILES string of the molecule is CC(C)CCC(=O)Cc1ccc(Cl)c(Cl)c1.CC(C)CCc1nc(N)sc1-c1ccc(Cl)c(Cl)c1.NC(N)=S. The number of nitrogen functional groups attached to an aromatic ring is 1. The van der Waals surface area contributed by atoms with Crippen LogP contribution in [0.5, 0.6) is 0 Å². The Hall–Kier alpha value is -1.61. The molecular weight excluding hydrogens is 614 g/mol. The molecule has 0 radical (unpaired) electrons. The van der Waals surface area contributed by atoms with Gasteiger partial charge in [0.2, 0.25) is 0 Å². The molecule has 5 nitrogen and oxygen atoms in total. The van der Waals surface area contributed by atoms with Crippen LogP contribution in [0.4, 0.5) is 5.13 Å². The normalized spacial score (nSPS) is 10.5. The van der Waals surface area contributed by atoms with E-state index in [-0.39, 0.29) is 10.9 Å². The number of aromatic nitrogens is 1. The molecule has 0 fully saturated rings. The highest BCUT2D eigenvalue weighted by Crippen LogP contribution is 2.36. The quantitative estimate of drug-likeness (QED) is 0.200. The highest BCUT2D eigenvalue weighted by Gasteiger charge is 2.13. The van der Waals surface area contributed by atoms with E-state index in [9.17, 15) is 4.79 Å². The number of halogens is 4. The van der Waals surface area contributed by atoms with Crippen LogP contribution in [0.15, 0.2) is 36.4 Å². The van der Waals surface area contributed by atoms with Crippen LogP contribution in [-0.4, -0.2) is 15.9 Å². The molecule has 0 amide bonds. The lowest BCUT2D eigenvalue weighted by atomic mass is 10.0. The summed E-state index contributed by atoms with van der Waals surface area (Å²) in [7, 11) is 0. The summed E-state index contributed by atoms with van der Waals surface area (Å²) in [6.07, 6.45) is 4.06. The van der Waals surface area contributed by atoms with Crippen molar-refractivity contribution in [2.24, 2.45) is 23.3 Å². The van der Waals surface area contributed by atoms with Gasteiger partial charge in [-0.15, -0.1) is 0 Å². The summed E-state index contributed by atoms with van der Waals surface area (Å²) in [5, 5.41) is 2.75. The van der Waals surface area contributed by atoms with Crippen LogP contribution >= 0.6 is 70.0 Å². The van der Waals surface area contributed by atoms with Gasteiger partial charge in [-0.2, -0.15) is 0 Å². The van der Waals surface area contributed by atoms with E-state index in [0.717, 1.165) is 41.0 Å². The highest BCUT2D eigenvalue weighted by molar-refractivity contribution is 7.80. The number of rotatable bonds is 9. The number of hydrogen-bond acceptors (Lipinski definition) is 5. The first kappa shape index (κ1) is 35.4. The first-order valence-electron chi connectivity index (χ1n) is 12.4. The largest absolute Gasteiger partial charge is 0.377 e. The minimum atomic E-state index is 0.000000000000000222. The molecular formula is C28H36Cl4N4OS2. The molecule has 0 bridgehead atoms. The number of ketones is 1. The lowest BCUT2D eigenvalue weighted by Gasteiger charge is -2.06. The molecule has 6 N–H and O–H groups in total. The minimum Gasteiger partial charge on any atom is -0.377 e. The second-order valence-corrected chi connectivity index (χ2v) is 12.8. The Morgan fingerprint density at radius 3 is 1.95 bits per heavy atom. The number of hydrogen-bond donors (Lipinski definition) is 3. The average Bonchev–Trinajstić information content (AvgIpc) is 3.21. The molecule has 1 aromatic heterocycles. The Kier molecular flexibility index (Phi) is 16.3. The van der Waals surface area contributed by atoms with Crippen molar-refractivity contribution in [3.63, 3.8) is 0 Å². The molecule has 11 heteroatoms. The Balaban J connectivity index is 0.000000347. The van der Waals surface area contributed by atoms with Crippen LogP contribution in [0.3, 0.4) is 0 Å². The van der Waals surface area contributed by atoms with Gasteiger partial charge in [0.05, 0.1) is 30.7 Å².